The maximum atomic E-state index is 14.3. The molecule has 7 nitrogen and oxygen atoms in total. The van der Waals surface area contributed by atoms with Crippen LogP contribution in [-0.2, 0) is 14.4 Å². The van der Waals surface area contributed by atoms with Gasteiger partial charge in [0.25, 0.3) is 0 Å². The lowest BCUT2D eigenvalue weighted by molar-refractivity contribution is -0.246. The number of amides is 2. The molecule has 254 valence electrons. The summed E-state index contributed by atoms with van der Waals surface area (Å²) in [5, 5.41) is 25.5. The van der Waals surface area contributed by atoms with Crippen molar-refractivity contribution in [3.63, 3.8) is 0 Å². The summed E-state index contributed by atoms with van der Waals surface area (Å²) < 4.78 is 0. The van der Waals surface area contributed by atoms with Crippen molar-refractivity contribution in [1.29, 1.82) is 0 Å². The van der Waals surface area contributed by atoms with E-state index in [4.69, 9.17) is 5.11 Å². The number of unbranched alkanes of at least 4 members (excludes halogenated alkanes) is 2. The topological polar surface area (TPSA) is 116 Å². The van der Waals surface area contributed by atoms with Crippen LogP contribution in [0.3, 0.4) is 0 Å². The minimum atomic E-state index is -1.04. The molecule has 0 heterocycles. The van der Waals surface area contributed by atoms with Crippen molar-refractivity contribution in [2.45, 2.75) is 138 Å². The minimum absolute atomic E-state index is 0.0465. The fraction of sp³-hybridized carbons (Fsp3) is 0.868. The first-order valence-electron chi connectivity index (χ1n) is 18.1. The average Bonchev–Trinajstić information content (AvgIpc) is 3.37. The van der Waals surface area contributed by atoms with E-state index >= 15 is 0 Å². The van der Waals surface area contributed by atoms with E-state index in [-0.39, 0.29) is 51.5 Å². The van der Waals surface area contributed by atoms with Crippen molar-refractivity contribution in [3.05, 3.63) is 12.2 Å². The molecule has 0 aromatic carbocycles. The summed E-state index contributed by atoms with van der Waals surface area (Å²) in [7, 11) is 0. The average molecular weight is 627 g/mol. The zero-order valence-electron chi connectivity index (χ0n) is 29.1. The van der Waals surface area contributed by atoms with Crippen LogP contribution in [0, 0.1) is 56.7 Å². The van der Waals surface area contributed by atoms with Gasteiger partial charge >= 0.3 is 5.97 Å². The molecule has 10 atom stereocenters. The van der Waals surface area contributed by atoms with Crippen LogP contribution in [0.25, 0.3) is 0 Å². The van der Waals surface area contributed by atoms with Crippen LogP contribution in [0.4, 0.5) is 0 Å². The van der Waals surface area contributed by atoms with Crippen LogP contribution in [0.5, 0.6) is 0 Å². The van der Waals surface area contributed by atoms with Gasteiger partial charge in [-0.25, -0.2) is 0 Å². The summed E-state index contributed by atoms with van der Waals surface area (Å²) in [6, 6.07) is 0. The third kappa shape index (κ3) is 5.49. The predicted octanol–water partition coefficient (Wildman–Crippen LogP) is 6.88. The number of carboxylic acid groups (broad SMARTS) is 1. The van der Waals surface area contributed by atoms with Gasteiger partial charge in [-0.05, 0) is 135 Å². The molecule has 45 heavy (non-hydrogen) atoms. The summed E-state index contributed by atoms with van der Waals surface area (Å²) in [4.78, 5) is 36.7. The first kappa shape index (κ1) is 34.4. The number of nitrogens with one attached hydrogen (secondary N) is 2. The second-order valence-electron chi connectivity index (χ2n) is 17.5. The summed E-state index contributed by atoms with van der Waals surface area (Å²) in [6.45, 7) is 19.4. The van der Waals surface area contributed by atoms with E-state index < -0.39 is 5.97 Å². The summed E-state index contributed by atoms with van der Waals surface area (Å²) in [5.41, 5.74) is 1.52. The summed E-state index contributed by atoms with van der Waals surface area (Å²) >= 11 is 0. The predicted molar refractivity (Wildman–Crippen MR) is 177 cm³/mol. The third-order valence-electron chi connectivity index (χ3n) is 15.3. The first-order valence-corrected chi connectivity index (χ1v) is 18.1. The van der Waals surface area contributed by atoms with Gasteiger partial charge in [0.05, 0.1) is 11.5 Å². The van der Waals surface area contributed by atoms with E-state index in [9.17, 15) is 19.5 Å². The van der Waals surface area contributed by atoms with Gasteiger partial charge in [0, 0.05) is 13.0 Å². The molecule has 0 unspecified atom stereocenters. The van der Waals surface area contributed by atoms with Crippen LogP contribution in [-0.4, -0.2) is 47.2 Å². The Labute approximate surface area is 272 Å². The van der Waals surface area contributed by atoms with Crippen LogP contribution in [0.2, 0.25) is 0 Å². The Bertz CT molecular complexity index is 1180. The van der Waals surface area contributed by atoms with Crippen molar-refractivity contribution in [3.8, 4) is 0 Å². The van der Waals surface area contributed by atoms with Gasteiger partial charge in [0.1, 0.15) is 6.54 Å². The molecule has 0 saturated heterocycles. The number of carbonyl (C=O) groups is 3. The fourth-order valence-corrected chi connectivity index (χ4v) is 12.8. The molecular formula is C38H62N2O5. The van der Waals surface area contributed by atoms with Crippen LogP contribution in [0.1, 0.15) is 131 Å². The highest BCUT2D eigenvalue weighted by Gasteiger charge is 2.71. The van der Waals surface area contributed by atoms with Gasteiger partial charge in [0.2, 0.25) is 11.8 Å². The van der Waals surface area contributed by atoms with Gasteiger partial charge in [-0.3, -0.25) is 14.4 Å². The molecule has 2 amide bonds. The number of rotatable bonds is 10. The second kappa shape index (κ2) is 12.3. The zero-order chi connectivity index (χ0) is 33.0. The van der Waals surface area contributed by atoms with E-state index in [0.717, 1.165) is 51.4 Å². The van der Waals surface area contributed by atoms with E-state index in [1.807, 2.05) is 0 Å². The Balaban J connectivity index is 1.30. The van der Waals surface area contributed by atoms with Gasteiger partial charge in [-0.15, -0.1) is 0 Å². The van der Waals surface area contributed by atoms with Gasteiger partial charge in [-0.2, -0.15) is 0 Å². The molecular weight excluding hydrogens is 564 g/mol. The lowest BCUT2D eigenvalue weighted by Crippen LogP contribution is -2.67. The number of allylic oxidation sites excluding steroid dienone is 1. The summed E-state index contributed by atoms with van der Waals surface area (Å²) in [5.74, 6) is 1.40. The standard InChI is InChI=1S/C38H62N2O5/c1-24(2)25-14-19-38(33(45)39-22-10-8-9-11-30(42)40-23-31(43)44)21-20-36(6)26(32(25)38)12-13-28-35(5)17-16-29(41)34(3,4)27(35)15-18-37(28,36)7/h25-29,32,41H,1,8-23H2,2-7H3,(H,39,45)(H,40,42)(H,43,44)/t25-,26+,27-,28+,29-,32+,35-,36+,37+,38-/m0/s1. The molecule has 7 heteroatoms. The lowest BCUT2D eigenvalue weighted by Gasteiger charge is -2.72. The number of aliphatic hydroxyl groups is 1. The van der Waals surface area contributed by atoms with Crippen LogP contribution < -0.4 is 10.6 Å². The van der Waals surface area contributed by atoms with Gasteiger partial charge in [0.15, 0.2) is 0 Å². The Kier molecular flexibility index (Phi) is 9.40. The number of aliphatic carboxylic acids is 1. The number of hydrogen-bond donors (Lipinski definition) is 4. The van der Waals surface area contributed by atoms with Gasteiger partial charge < -0.3 is 20.8 Å². The molecule has 0 aliphatic heterocycles. The number of carbonyl (C=O) groups excluding carboxylic acids is 2. The Morgan fingerprint density at radius 3 is 2.22 bits per heavy atom. The Hall–Kier alpha value is -1.89. The molecule has 4 N–H and O–H groups in total. The molecule has 0 bridgehead atoms. The Morgan fingerprint density at radius 1 is 0.800 bits per heavy atom. The fourth-order valence-electron chi connectivity index (χ4n) is 12.8. The maximum absolute atomic E-state index is 14.3. The molecule has 5 rings (SSSR count). The molecule has 0 radical (unpaired) electrons. The largest absolute Gasteiger partial charge is 0.480 e. The van der Waals surface area contributed by atoms with E-state index in [0.29, 0.717) is 49.0 Å². The van der Waals surface area contributed by atoms with Crippen molar-refractivity contribution >= 4 is 17.8 Å². The van der Waals surface area contributed by atoms with Crippen LogP contribution in [0.15, 0.2) is 12.2 Å². The van der Waals surface area contributed by atoms with Crippen molar-refractivity contribution in [2.75, 3.05) is 13.1 Å². The normalized spacial score (nSPS) is 43.2. The lowest BCUT2D eigenvalue weighted by atomic mass is 9.32. The van der Waals surface area contributed by atoms with Crippen molar-refractivity contribution < 1.29 is 24.6 Å². The van der Waals surface area contributed by atoms with Crippen molar-refractivity contribution in [2.24, 2.45) is 56.7 Å². The number of hydrogen-bond acceptors (Lipinski definition) is 4. The van der Waals surface area contributed by atoms with E-state index in [1.165, 1.54) is 31.3 Å². The first-order chi connectivity index (χ1) is 21.0. The molecule has 5 saturated carbocycles. The quantitative estimate of drug-likeness (QED) is 0.156. The molecule has 5 fully saturated rings. The summed E-state index contributed by atoms with van der Waals surface area (Å²) in [6.07, 6.45) is 13.3. The monoisotopic (exact) mass is 626 g/mol. The molecule has 5 aliphatic rings. The highest BCUT2D eigenvalue weighted by Crippen LogP contribution is 2.77. The number of aliphatic hydroxyl groups excluding tert-OH is 1. The highest BCUT2D eigenvalue weighted by atomic mass is 16.4. The minimum Gasteiger partial charge on any atom is -0.480 e. The van der Waals surface area contributed by atoms with Crippen molar-refractivity contribution in [1.82, 2.24) is 10.6 Å². The number of fused-ring (bicyclic) bond motifs is 7. The Morgan fingerprint density at radius 2 is 1.53 bits per heavy atom. The second-order valence-corrected chi connectivity index (χ2v) is 17.5. The molecule has 5 aliphatic carbocycles. The van der Waals surface area contributed by atoms with Gasteiger partial charge in [-0.1, -0.05) is 53.2 Å². The van der Waals surface area contributed by atoms with Crippen LogP contribution >= 0.6 is 0 Å². The SMILES string of the molecule is C=C(C)[C@@H]1CC[C@]2(C(=O)NCCCCCC(=O)NCC(=O)O)CC[C@]3(C)[C@H](CC[C@@H]4[C@@]5(C)CC[C@H](O)C(C)(C)[C@@H]5CC[C@]43C)[C@@H]12. The van der Waals surface area contributed by atoms with E-state index in [1.54, 1.807) is 0 Å². The van der Waals surface area contributed by atoms with E-state index in [2.05, 4.69) is 58.8 Å². The molecule has 0 spiro atoms. The maximum Gasteiger partial charge on any atom is 0.322 e. The zero-order valence-corrected chi connectivity index (χ0v) is 29.1. The molecule has 0 aromatic heterocycles. The molecule has 0 aromatic rings. The highest BCUT2D eigenvalue weighted by molar-refractivity contribution is 5.84. The third-order valence-corrected chi connectivity index (χ3v) is 15.3. The smallest absolute Gasteiger partial charge is 0.322 e. The number of carboxylic acids is 1.